The van der Waals surface area contributed by atoms with E-state index in [1.54, 1.807) is 0 Å². The van der Waals surface area contributed by atoms with Crippen LogP contribution in [0, 0.1) is 6.92 Å². The van der Waals surface area contributed by atoms with E-state index in [0.717, 1.165) is 16.8 Å². The highest BCUT2D eigenvalue weighted by Gasteiger charge is 2.43. The molecule has 0 radical (unpaired) electrons. The van der Waals surface area contributed by atoms with E-state index in [2.05, 4.69) is 5.32 Å². The van der Waals surface area contributed by atoms with Crippen LogP contribution in [0.1, 0.15) is 24.0 Å². The van der Waals surface area contributed by atoms with Gasteiger partial charge in [-0.05, 0) is 37.5 Å². The summed E-state index contributed by atoms with van der Waals surface area (Å²) in [5.41, 5.74) is 1.91. The fraction of sp³-hybridized carbons (Fsp3) is 0.333. The second-order valence-corrected chi connectivity index (χ2v) is 6.94. The minimum absolute atomic E-state index is 0.0728. The van der Waals surface area contributed by atoms with Crippen LogP contribution in [0.15, 0.2) is 54.6 Å². The SMILES string of the molecule is Cc1ccc(NC(=O)CN2CCC(C(=O)O)(c3ccccc3)CC2)cc1. The molecule has 0 unspecified atom stereocenters. The van der Waals surface area contributed by atoms with Crippen LogP contribution in [0.5, 0.6) is 0 Å². The van der Waals surface area contributed by atoms with Gasteiger partial charge >= 0.3 is 5.97 Å². The molecule has 1 fully saturated rings. The van der Waals surface area contributed by atoms with Crippen LogP contribution in [-0.2, 0) is 15.0 Å². The topological polar surface area (TPSA) is 69.6 Å². The van der Waals surface area contributed by atoms with Gasteiger partial charge in [-0.1, -0.05) is 48.0 Å². The molecular formula is C21H24N2O3. The van der Waals surface area contributed by atoms with Crippen LogP contribution in [0.2, 0.25) is 0 Å². The van der Waals surface area contributed by atoms with Gasteiger partial charge in [0.1, 0.15) is 0 Å². The van der Waals surface area contributed by atoms with E-state index in [1.807, 2.05) is 66.4 Å². The van der Waals surface area contributed by atoms with Gasteiger partial charge in [0.15, 0.2) is 0 Å². The fourth-order valence-corrected chi connectivity index (χ4v) is 3.52. The van der Waals surface area contributed by atoms with E-state index in [0.29, 0.717) is 25.9 Å². The average molecular weight is 352 g/mol. The van der Waals surface area contributed by atoms with Crippen molar-refractivity contribution in [2.75, 3.05) is 25.0 Å². The van der Waals surface area contributed by atoms with Gasteiger partial charge in [0, 0.05) is 18.8 Å². The lowest BCUT2D eigenvalue weighted by Crippen LogP contribution is -2.49. The van der Waals surface area contributed by atoms with Gasteiger partial charge in [-0.25, -0.2) is 0 Å². The predicted molar refractivity (Wildman–Crippen MR) is 101 cm³/mol. The van der Waals surface area contributed by atoms with Crippen molar-refractivity contribution in [3.8, 4) is 0 Å². The van der Waals surface area contributed by atoms with Crippen molar-refractivity contribution in [3.63, 3.8) is 0 Å². The molecule has 5 nitrogen and oxygen atoms in total. The van der Waals surface area contributed by atoms with Crippen molar-refractivity contribution in [1.82, 2.24) is 4.90 Å². The van der Waals surface area contributed by atoms with Gasteiger partial charge in [-0.15, -0.1) is 0 Å². The van der Waals surface area contributed by atoms with Crippen molar-refractivity contribution < 1.29 is 14.7 Å². The second-order valence-electron chi connectivity index (χ2n) is 6.94. The largest absolute Gasteiger partial charge is 0.481 e. The summed E-state index contributed by atoms with van der Waals surface area (Å²) in [6, 6.07) is 17.1. The third kappa shape index (κ3) is 3.94. The van der Waals surface area contributed by atoms with Crippen LogP contribution >= 0.6 is 0 Å². The number of nitrogens with one attached hydrogen (secondary N) is 1. The molecule has 0 aromatic heterocycles. The maximum atomic E-state index is 12.3. The summed E-state index contributed by atoms with van der Waals surface area (Å²) in [7, 11) is 0. The van der Waals surface area contributed by atoms with Crippen LogP contribution in [0.25, 0.3) is 0 Å². The Morgan fingerprint density at radius 2 is 1.65 bits per heavy atom. The molecule has 1 amide bonds. The molecule has 26 heavy (non-hydrogen) atoms. The van der Waals surface area contributed by atoms with Crippen LogP contribution < -0.4 is 5.32 Å². The van der Waals surface area contributed by atoms with Crippen molar-refractivity contribution in [1.29, 1.82) is 0 Å². The molecular weight excluding hydrogens is 328 g/mol. The normalized spacial score (nSPS) is 16.8. The average Bonchev–Trinajstić information content (AvgIpc) is 2.65. The van der Waals surface area contributed by atoms with E-state index in [1.165, 1.54) is 0 Å². The first-order valence-electron chi connectivity index (χ1n) is 8.87. The number of benzene rings is 2. The summed E-state index contributed by atoms with van der Waals surface area (Å²) in [4.78, 5) is 26.3. The molecule has 5 heteroatoms. The van der Waals surface area contributed by atoms with Crippen molar-refractivity contribution >= 4 is 17.6 Å². The number of likely N-dealkylation sites (tertiary alicyclic amines) is 1. The summed E-state index contributed by atoms with van der Waals surface area (Å²) < 4.78 is 0. The molecule has 1 aliphatic rings. The number of nitrogens with zero attached hydrogens (tertiary/aromatic N) is 1. The highest BCUT2D eigenvalue weighted by atomic mass is 16.4. The molecule has 0 atom stereocenters. The molecule has 2 aromatic rings. The number of aryl methyl sites for hydroxylation is 1. The first-order chi connectivity index (χ1) is 12.5. The molecule has 1 saturated heterocycles. The molecule has 2 N–H and O–H groups in total. The standard InChI is InChI=1S/C21H24N2O3/c1-16-7-9-18(10-8-16)22-19(24)15-23-13-11-21(12-14-23,20(25)26)17-5-3-2-4-6-17/h2-10H,11-15H2,1H3,(H,22,24)(H,25,26). The molecule has 2 aromatic carbocycles. The number of carboxylic acids is 1. The molecule has 136 valence electrons. The molecule has 0 saturated carbocycles. The minimum atomic E-state index is -0.856. The first kappa shape index (κ1) is 18.1. The van der Waals surface area contributed by atoms with Gasteiger partial charge in [0.25, 0.3) is 0 Å². The Morgan fingerprint density at radius 3 is 2.23 bits per heavy atom. The maximum Gasteiger partial charge on any atom is 0.314 e. The Bertz CT molecular complexity index is 764. The highest BCUT2D eigenvalue weighted by Crippen LogP contribution is 2.35. The summed E-state index contributed by atoms with van der Waals surface area (Å²) in [5.74, 6) is -0.858. The first-order valence-corrected chi connectivity index (χ1v) is 8.87. The van der Waals surface area contributed by atoms with Crippen LogP contribution in [0.3, 0.4) is 0 Å². The van der Waals surface area contributed by atoms with Gasteiger partial charge in [-0.2, -0.15) is 0 Å². The van der Waals surface area contributed by atoms with Crippen LogP contribution in [-0.4, -0.2) is 41.5 Å². The number of carbonyl (C=O) groups is 2. The summed E-state index contributed by atoms with van der Waals surface area (Å²) in [6.07, 6.45) is 1.01. The lowest BCUT2D eigenvalue weighted by atomic mass is 9.73. The fourth-order valence-electron chi connectivity index (χ4n) is 3.52. The highest BCUT2D eigenvalue weighted by molar-refractivity contribution is 5.92. The van der Waals surface area contributed by atoms with Gasteiger partial charge in [0.2, 0.25) is 5.91 Å². The number of rotatable bonds is 5. The molecule has 0 bridgehead atoms. The number of anilines is 1. The number of hydrogen-bond donors (Lipinski definition) is 2. The van der Waals surface area contributed by atoms with E-state index in [9.17, 15) is 14.7 Å². The molecule has 0 spiro atoms. The van der Waals surface area contributed by atoms with E-state index in [-0.39, 0.29) is 12.5 Å². The maximum absolute atomic E-state index is 12.3. The lowest BCUT2D eigenvalue weighted by molar-refractivity contribution is -0.146. The monoisotopic (exact) mass is 352 g/mol. The Hall–Kier alpha value is -2.66. The third-order valence-corrected chi connectivity index (χ3v) is 5.15. The van der Waals surface area contributed by atoms with E-state index in [4.69, 9.17) is 0 Å². The number of carbonyl (C=O) groups excluding carboxylic acids is 1. The Kier molecular flexibility index (Phi) is 5.38. The summed E-state index contributed by atoms with van der Waals surface area (Å²) in [5, 5.41) is 12.7. The number of piperidine rings is 1. The summed E-state index contributed by atoms with van der Waals surface area (Å²) in [6.45, 7) is 3.45. The van der Waals surface area contributed by atoms with Gasteiger partial charge < -0.3 is 10.4 Å². The quantitative estimate of drug-likeness (QED) is 0.868. The third-order valence-electron chi connectivity index (χ3n) is 5.15. The zero-order valence-corrected chi connectivity index (χ0v) is 14.9. The lowest BCUT2D eigenvalue weighted by Gasteiger charge is -2.39. The number of amides is 1. The predicted octanol–water partition coefficient (Wildman–Crippen LogP) is 3.05. The van der Waals surface area contributed by atoms with Crippen LogP contribution in [0.4, 0.5) is 5.69 Å². The molecule has 0 aliphatic carbocycles. The smallest absolute Gasteiger partial charge is 0.314 e. The number of hydrogen-bond acceptors (Lipinski definition) is 3. The van der Waals surface area contributed by atoms with E-state index < -0.39 is 11.4 Å². The zero-order valence-electron chi connectivity index (χ0n) is 14.9. The second kappa shape index (κ2) is 7.70. The van der Waals surface area contributed by atoms with Crippen molar-refractivity contribution in [2.45, 2.75) is 25.2 Å². The van der Waals surface area contributed by atoms with Crippen molar-refractivity contribution in [2.24, 2.45) is 0 Å². The zero-order chi connectivity index (χ0) is 18.6. The van der Waals surface area contributed by atoms with Crippen molar-refractivity contribution in [3.05, 3.63) is 65.7 Å². The van der Waals surface area contributed by atoms with E-state index >= 15 is 0 Å². The minimum Gasteiger partial charge on any atom is -0.481 e. The Labute approximate surface area is 153 Å². The Morgan fingerprint density at radius 1 is 1.04 bits per heavy atom. The Balaban J connectivity index is 1.59. The molecule has 3 rings (SSSR count). The number of aliphatic carboxylic acids is 1. The van der Waals surface area contributed by atoms with Gasteiger partial charge in [0.05, 0.1) is 12.0 Å². The van der Waals surface area contributed by atoms with Gasteiger partial charge in [-0.3, -0.25) is 14.5 Å². The summed E-state index contributed by atoms with van der Waals surface area (Å²) >= 11 is 0. The number of carboxylic acid groups (broad SMARTS) is 1. The molecule has 1 aliphatic heterocycles. The molecule has 1 heterocycles.